The van der Waals surface area contributed by atoms with Crippen molar-refractivity contribution in [3.05, 3.63) is 23.5 Å². The van der Waals surface area contributed by atoms with Crippen molar-refractivity contribution in [3.63, 3.8) is 0 Å². The zero-order chi connectivity index (χ0) is 8.55. The molecule has 0 unspecified atom stereocenters. The Morgan fingerprint density at radius 2 is 2.17 bits per heavy atom. The van der Waals surface area contributed by atoms with Gasteiger partial charge in [0, 0.05) is 12.1 Å². The van der Waals surface area contributed by atoms with Crippen LogP contribution in [0.15, 0.2) is 12.1 Å². The average molecular weight is 163 g/mol. The third-order valence-corrected chi connectivity index (χ3v) is 2.19. The number of hydrogen-bond donors (Lipinski definition) is 0. The summed E-state index contributed by atoms with van der Waals surface area (Å²) in [7, 11) is 0. The third-order valence-electron chi connectivity index (χ3n) is 2.19. The van der Waals surface area contributed by atoms with E-state index in [1.807, 2.05) is 6.07 Å². The van der Waals surface area contributed by atoms with Crippen molar-refractivity contribution in [1.82, 2.24) is 4.57 Å². The van der Waals surface area contributed by atoms with Gasteiger partial charge in [-0.05, 0) is 25.0 Å². The van der Waals surface area contributed by atoms with Crippen molar-refractivity contribution in [2.24, 2.45) is 0 Å². The Kier molecular flexibility index (Phi) is 1.57. The summed E-state index contributed by atoms with van der Waals surface area (Å²) in [5, 5.41) is 0. The summed E-state index contributed by atoms with van der Waals surface area (Å²) < 4.78 is 1.52. The Hall–Kier alpha value is -1.38. The van der Waals surface area contributed by atoms with Gasteiger partial charge in [0.1, 0.15) is 0 Å². The highest BCUT2D eigenvalue weighted by Crippen LogP contribution is 2.17. The van der Waals surface area contributed by atoms with E-state index in [4.69, 9.17) is 0 Å². The van der Waals surface area contributed by atoms with Gasteiger partial charge < -0.3 is 0 Å². The highest BCUT2D eigenvalue weighted by atomic mass is 16.2. The zero-order valence-corrected chi connectivity index (χ0v) is 6.62. The average Bonchev–Trinajstić information content (AvgIpc) is 2.49. The molecule has 1 aliphatic rings. The van der Waals surface area contributed by atoms with Gasteiger partial charge >= 0.3 is 0 Å². The lowest BCUT2D eigenvalue weighted by molar-refractivity contribution is 0.0873. The molecule has 1 aromatic heterocycles. The maximum Gasteiger partial charge on any atom is 0.231 e. The summed E-state index contributed by atoms with van der Waals surface area (Å²) in [6.45, 7) is 0. The number of hydrogen-bond acceptors (Lipinski definition) is 2. The molecule has 0 saturated heterocycles. The Morgan fingerprint density at radius 1 is 1.33 bits per heavy atom. The molecule has 0 saturated carbocycles. The van der Waals surface area contributed by atoms with Crippen molar-refractivity contribution in [1.29, 1.82) is 0 Å². The van der Waals surface area contributed by atoms with E-state index < -0.39 is 0 Å². The Morgan fingerprint density at radius 3 is 2.92 bits per heavy atom. The van der Waals surface area contributed by atoms with Crippen LogP contribution < -0.4 is 0 Å². The standard InChI is InChI=1S/C9H9NO2/c11-6-8-5-4-7-2-1-3-9(12)10(7)8/h4-6H,1-3H2. The first kappa shape index (κ1) is 7.28. The van der Waals surface area contributed by atoms with E-state index in [1.165, 1.54) is 4.57 Å². The maximum atomic E-state index is 11.3. The number of carbonyl (C=O) groups excluding carboxylic acids is 2. The monoisotopic (exact) mass is 163 g/mol. The Labute approximate surface area is 70.0 Å². The van der Waals surface area contributed by atoms with Gasteiger partial charge in [-0.2, -0.15) is 0 Å². The van der Waals surface area contributed by atoms with Crippen molar-refractivity contribution in [2.45, 2.75) is 19.3 Å². The fourth-order valence-electron chi connectivity index (χ4n) is 1.62. The van der Waals surface area contributed by atoms with Crippen molar-refractivity contribution >= 4 is 12.2 Å². The topological polar surface area (TPSA) is 39.1 Å². The van der Waals surface area contributed by atoms with Crippen LogP contribution in [0, 0.1) is 0 Å². The lowest BCUT2D eigenvalue weighted by atomic mass is 10.1. The highest BCUT2D eigenvalue weighted by Gasteiger charge is 2.18. The first-order valence-corrected chi connectivity index (χ1v) is 4.02. The molecule has 0 bridgehead atoms. The first-order chi connectivity index (χ1) is 5.83. The van der Waals surface area contributed by atoms with E-state index in [-0.39, 0.29) is 5.91 Å². The second-order valence-corrected chi connectivity index (χ2v) is 2.95. The van der Waals surface area contributed by atoms with Gasteiger partial charge in [-0.15, -0.1) is 0 Å². The molecule has 3 heteroatoms. The molecular formula is C9H9NO2. The van der Waals surface area contributed by atoms with E-state index >= 15 is 0 Å². The predicted octanol–water partition coefficient (Wildman–Crippen LogP) is 1.28. The van der Waals surface area contributed by atoms with E-state index in [9.17, 15) is 9.59 Å². The molecule has 0 atom stereocenters. The van der Waals surface area contributed by atoms with Crippen LogP contribution in [-0.2, 0) is 6.42 Å². The maximum absolute atomic E-state index is 11.3. The van der Waals surface area contributed by atoms with Crippen LogP contribution in [0.25, 0.3) is 0 Å². The van der Waals surface area contributed by atoms with Gasteiger partial charge in [-0.25, -0.2) is 0 Å². The minimum atomic E-state index is 0.0448. The van der Waals surface area contributed by atoms with Gasteiger partial charge in [0.2, 0.25) is 5.91 Å². The molecule has 12 heavy (non-hydrogen) atoms. The summed E-state index contributed by atoms with van der Waals surface area (Å²) in [6.07, 6.45) is 3.09. The van der Waals surface area contributed by atoms with Crippen LogP contribution in [0.2, 0.25) is 0 Å². The fourth-order valence-corrected chi connectivity index (χ4v) is 1.62. The molecule has 3 nitrogen and oxygen atoms in total. The molecule has 0 fully saturated rings. The summed E-state index contributed by atoms with van der Waals surface area (Å²) in [4.78, 5) is 21.8. The fraction of sp³-hybridized carbons (Fsp3) is 0.333. The molecule has 0 amide bonds. The summed E-state index contributed by atoms with van der Waals surface area (Å²) >= 11 is 0. The highest BCUT2D eigenvalue weighted by molar-refractivity contribution is 5.87. The Bertz CT molecular complexity index is 338. The number of fused-ring (bicyclic) bond motifs is 1. The molecule has 62 valence electrons. The van der Waals surface area contributed by atoms with E-state index in [0.717, 1.165) is 24.8 Å². The normalized spacial score (nSPS) is 15.8. The number of aryl methyl sites for hydroxylation is 1. The lowest BCUT2D eigenvalue weighted by Gasteiger charge is -2.14. The summed E-state index contributed by atoms with van der Waals surface area (Å²) in [5.41, 5.74) is 1.45. The van der Waals surface area contributed by atoms with Crippen LogP contribution in [0.4, 0.5) is 0 Å². The van der Waals surface area contributed by atoms with Crippen LogP contribution in [-0.4, -0.2) is 16.8 Å². The minimum absolute atomic E-state index is 0.0448. The molecular weight excluding hydrogens is 154 g/mol. The van der Waals surface area contributed by atoms with Gasteiger partial charge in [0.15, 0.2) is 6.29 Å². The van der Waals surface area contributed by atoms with E-state index in [2.05, 4.69) is 0 Å². The summed E-state index contributed by atoms with van der Waals surface area (Å²) in [5.74, 6) is 0.0448. The second kappa shape index (κ2) is 2.59. The predicted molar refractivity (Wildman–Crippen MR) is 43.4 cm³/mol. The quantitative estimate of drug-likeness (QED) is 0.585. The van der Waals surface area contributed by atoms with Crippen molar-refractivity contribution in [2.75, 3.05) is 0 Å². The smallest absolute Gasteiger partial charge is 0.231 e. The lowest BCUT2D eigenvalue weighted by Crippen LogP contribution is -2.20. The number of rotatable bonds is 1. The van der Waals surface area contributed by atoms with Crippen molar-refractivity contribution < 1.29 is 9.59 Å². The van der Waals surface area contributed by atoms with Crippen LogP contribution >= 0.6 is 0 Å². The minimum Gasteiger partial charge on any atom is -0.296 e. The molecule has 2 heterocycles. The van der Waals surface area contributed by atoms with Gasteiger partial charge in [-0.1, -0.05) is 0 Å². The second-order valence-electron chi connectivity index (χ2n) is 2.95. The van der Waals surface area contributed by atoms with Gasteiger partial charge in [0.25, 0.3) is 0 Å². The molecule has 1 aromatic rings. The zero-order valence-electron chi connectivity index (χ0n) is 6.62. The largest absolute Gasteiger partial charge is 0.296 e. The molecule has 0 spiro atoms. The van der Waals surface area contributed by atoms with E-state index in [0.29, 0.717) is 12.1 Å². The molecule has 0 aromatic carbocycles. The number of carbonyl (C=O) groups is 2. The Balaban J connectivity index is 2.57. The van der Waals surface area contributed by atoms with Crippen molar-refractivity contribution in [3.8, 4) is 0 Å². The van der Waals surface area contributed by atoms with E-state index in [1.54, 1.807) is 6.07 Å². The third kappa shape index (κ3) is 0.897. The molecule has 0 N–H and O–H groups in total. The molecule has 2 rings (SSSR count). The molecule has 0 radical (unpaired) electrons. The number of aromatic nitrogens is 1. The number of nitrogens with zero attached hydrogens (tertiary/aromatic N) is 1. The molecule has 1 aliphatic heterocycles. The summed E-state index contributed by atoms with van der Waals surface area (Å²) in [6, 6.07) is 3.55. The van der Waals surface area contributed by atoms with Crippen LogP contribution in [0.3, 0.4) is 0 Å². The SMILES string of the molecule is O=Cc1ccc2n1C(=O)CCC2. The van der Waals surface area contributed by atoms with Gasteiger partial charge in [-0.3, -0.25) is 14.2 Å². The van der Waals surface area contributed by atoms with Crippen LogP contribution in [0.5, 0.6) is 0 Å². The number of aldehydes is 1. The first-order valence-electron chi connectivity index (χ1n) is 4.02. The molecule has 0 aliphatic carbocycles. The van der Waals surface area contributed by atoms with Gasteiger partial charge in [0.05, 0.1) is 5.69 Å². The van der Waals surface area contributed by atoms with Crippen LogP contribution in [0.1, 0.15) is 33.8 Å².